The molecule has 3 heterocycles. The maximum Gasteiger partial charge on any atom is 0.258 e. The number of amides is 1. The first kappa shape index (κ1) is 9.30. The molecule has 0 saturated carbocycles. The molecule has 0 aromatic carbocycles. The van der Waals surface area contributed by atoms with Crippen LogP contribution in [0.3, 0.4) is 0 Å². The Hall–Kier alpha value is -1.94. The van der Waals surface area contributed by atoms with E-state index in [9.17, 15) is 4.79 Å². The predicted octanol–water partition coefficient (Wildman–Crippen LogP) is 2.64. The van der Waals surface area contributed by atoms with E-state index >= 15 is 0 Å². The van der Waals surface area contributed by atoms with Gasteiger partial charge in [-0.25, -0.2) is 0 Å². The monoisotopic (exact) mass is 228 g/mol. The van der Waals surface area contributed by atoms with E-state index in [0.29, 0.717) is 5.57 Å². The van der Waals surface area contributed by atoms with Crippen molar-refractivity contribution >= 4 is 34.6 Å². The first-order valence-corrected chi connectivity index (χ1v) is 5.74. The summed E-state index contributed by atoms with van der Waals surface area (Å²) in [4.78, 5) is 17.0. The maximum atomic E-state index is 11.7. The molecule has 78 valence electrons. The lowest BCUT2D eigenvalue weighted by molar-refractivity contribution is -0.110. The normalized spacial score (nSPS) is 16.2. The van der Waals surface area contributed by atoms with E-state index in [4.69, 9.17) is 0 Å². The lowest BCUT2D eigenvalue weighted by atomic mass is 10.1. The Bertz CT molecular complexity index is 572. The Morgan fingerprint density at radius 1 is 1.31 bits per heavy atom. The number of rotatable bonds is 1. The third kappa shape index (κ3) is 1.44. The zero-order valence-electron chi connectivity index (χ0n) is 8.31. The molecule has 1 amide bonds. The van der Waals surface area contributed by atoms with Crippen molar-refractivity contribution in [3.05, 3.63) is 46.4 Å². The fourth-order valence-corrected chi connectivity index (χ4v) is 2.32. The van der Waals surface area contributed by atoms with Crippen molar-refractivity contribution in [2.75, 3.05) is 5.32 Å². The highest BCUT2D eigenvalue weighted by Crippen LogP contribution is 2.31. The zero-order chi connectivity index (χ0) is 11.0. The highest BCUT2D eigenvalue weighted by Gasteiger charge is 2.24. The molecule has 0 aliphatic carbocycles. The molecule has 0 spiro atoms. The lowest BCUT2D eigenvalue weighted by Gasteiger charge is -1.94. The molecule has 3 nitrogen and oxygen atoms in total. The number of hydrogen-bond donors (Lipinski definition) is 1. The minimum absolute atomic E-state index is 0.0814. The molecule has 1 aliphatic heterocycles. The van der Waals surface area contributed by atoms with Crippen LogP contribution in [0.1, 0.15) is 10.6 Å². The average Bonchev–Trinajstić information content (AvgIpc) is 2.89. The second kappa shape index (κ2) is 3.57. The largest absolute Gasteiger partial charge is 0.320 e. The zero-order valence-corrected chi connectivity index (χ0v) is 9.12. The van der Waals surface area contributed by atoms with E-state index in [-0.39, 0.29) is 5.91 Å². The molecule has 2 aromatic rings. The molecule has 2 aromatic heterocycles. The number of pyridine rings is 1. The van der Waals surface area contributed by atoms with Gasteiger partial charge in [-0.05, 0) is 29.7 Å². The van der Waals surface area contributed by atoms with Crippen LogP contribution in [0.15, 0.2) is 35.8 Å². The summed E-state index contributed by atoms with van der Waals surface area (Å²) in [6.07, 6.45) is 3.57. The van der Waals surface area contributed by atoms with Gasteiger partial charge in [0.1, 0.15) is 0 Å². The summed E-state index contributed by atoms with van der Waals surface area (Å²) < 4.78 is 0. The maximum absolute atomic E-state index is 11.7. The molecular weight excluding hydrogens is 220 g/mol. The molecule has 1 N–H and O–H groups in total. The van der Waals surface area contributed by atoms with Crippen LogP contribution in [0.4, 0.5) is 5.69 Å². The van der Waals surface area contributed by atoms with Crippen molar-refractivity contribution in [1.82, 2.24) is 4.98 Å². The third-order valence-corrected chi connectivity index (χ3v) is 3.20. The van der Waals surface area contributed by atoms with Crippen molar-refractivity contribution in [3.8, 4) is 0 Å². The summed E-state index contributed by atoms with van der Waals surface area (Å²) in [6, 6.07) is 7.61. The van der Waals surface area contributed by atoms with Crippen LogP contribution in [0, 0.1) is 0 Å². The topological polar surface area (TPSA) is 42.0 Å². The van der Waals surface area contributed by atoms with Crippen LogP contribution in [0.2, 0.25) is 0 Å². The van der Waals surface area contributed by atoms with Gasteiger partial charge in [-0.2, -0.15) is 0 Å². The van der Waals surface area contributed by atoms with E-state index in [2.05, 4.69) is 10.3 Å². The Kier molecular flexibility index (Phi) is 2.08. The van der Waals surface area contributed by atoms with Gasteiger partial charge >= 0.3 is 0 Å². The Morgan fingerprint density at radius 3 is 3.06 bits per heavy atom. The van der Waals surface area contributed by atoms with Crippen molar-refractivity contribution < 1.29 is 4.79 Å². The van der Waals surface area contributed by atoms with Crippen LogP contribution >= 0.6 is 11.3 Å². The summed E-state index contributed by atoms with van der Waals surface area (Å²) in [5.74, 6) is -0.0814. The van der Waals surface area contributed by atoms with E-state index in [1.165, 1.54) is 0 Å². The second-order valence-corrected chi connectivity index (χ2v) is 4.41. The Balaban J connectivity index is 2.12. The molecule has 16 heavy (non-hydrogen) atoms. The van der Waals surface area contributed by atoms with E-state index in [1.54, 1.807) is 17.5 Å². The molecule has 0 bridgehead atoms. The first-order valence-electron chi connectivity index (χ1n) is 4.86. The summed E-state index contributed by atoms with van der Waals surface area (Å²) in [5, 5.41) is 4.78. The summed E-state index contributed by atoms with van der Waals surface area (Å²) >= 11 is 1.60. The number of aromatic nitrogens is 1. The van der Waals surface area contributed by atoms with E-state index in [0.717, 1.165) is 16.3 Å². The fourth-order valence-electron chi connectivity index (χ4n) is 1.67. The smallest absolute Gasteiger partial charge is 0.258 e. The van der Waals surface area contributed by atoms with Crippen LogP contribution in [-0.4, -0.2) is 10.9 Å². The van der Waals surface area contributed by atoms with Crippen molar-refractivity contribution in [3.63, 3.8) is 0 Å². The molecule has 4 heteroatoms. The van der Waals surface area contributed by atoms with Crippen molar-refractivity contribution in [1.29, 1.82) is 0 Å². The Morgan fingerprint density at radius 2 is 2.25 bits per heavy atom. The van der Waals surface area contributed by atoms with Gasteiger partial charge in [-0.3, -0.25) is 9.78 Å². The average molecular weight is 228 g/mol. The number of anilines is 1. The van der Waals surface area contributed by atoms with E-state index < -0.39 is 0 Å². The number of hydrogen-bond acceptors (Lipinski definition) is 3. The van der Waals surface area contributed by atoms with Gasteiger partial charge in [0, 0.05) is 11.1 Å². The van der Waals surface area contributed by atoms with Crippen LogP contribution < -0.4 is 5.32 Å². The van der Waals surface area contributed by atoms with Gasteiger partial charge in [0.15, 0.2) is 0 Å². The number of carbonyl (C=O) groups excluding carboxylic acids is 1. The number of nitrogens with zero attached hydrogens (tertiary/aromatic N) is 1. The number of fused-ring (bicyclic) bond motifs is 1. The molecule has 0 atom stereocenters. The van der Waals surface area contributed by atoms with E-state index in [1.807, 2.05) is 35.7 Å². The van der Waals surface area contributed by atoms with Gasteiger partial charge in [-0.1, -0.05) is 6.07 Å². The minimum Gasteiger partial charge on any atom is -0.320 e. The summed E-state index contributed by atoms with van der Waals surface area (Å²) in [5.41, 5.74) is 2.16. The number of nitrogens with one attached hydrogen (secondary N) is 1. The molecule has 0 radical (unpaired) electrons. The van der Waals surface area contributed by atoms with Gasteiger partial charge in [0.25, 0.3) is 5.91 Å². The van der Waals surface area contributed by atoms with Gasteiger partial charge < -0.3 is 5.32 Å². The predicted molar refractivity (Wildman–Crippen MR) is 65.1 cm³/mol. The van der Waals surface area contributed by atoms with Crippen LogP contribution in [0.25, 0.3) is 11.6 Å². The van der Waals surface area contributed by atoms with Gasteiger partial charge in [-0.15, -0.1) is 11.3 Å². The number of thiophene rings is 1. The lowest BCUT2D eigenvalue weighted by Crippen LogP contribution is -2.03. The third-order valence-electron chi connectivity index (χ3n) is 2.39. The first-order chi connectivity index (χ1) is 7.84. The molecule has 0 saturated heterocycles. The van der Waals surface area contributed by atoms with Crippen LogP contribution in [-0.2, 0) is 4.79 Å². The molecule has 0 fully saturated rings. The SMILES string of the molecule is O=C1Nc2cccnc2C1=Cc1cccs1. The Labute approximate surface area is 96.5 Å². The molecule has 3 rings (SSSR count). The minimum atomic E-state index is -0.0814. The van der Waals surface area contributed by atoms with Gasteiger partial charge in [0.2, 0.25) is 0 Å². The molecular formula is C12H8N2OS. The van der Waals surface area contributed by atoms with Crippen molar-refractivity contribution in [2.45, 2.75) is 0 Å². The quantitative estimate of drug-likeness (QED) is 0.762. The van der Waals surface area contributed by atoms with Gasteiger partial charge in [0.05, 0.1) is 17.0 Å². The highest BCUT2D eigenvalue weighted by atomic mass is 32.1. The second-order valence-electron chi connectivity index (χ2n) is 3.43. The van der Waals surface area contributed by atoms with Crippen molar-refractivity contribution in [2.24, 2.45) is 0 Å². The van der Waals surface area contributed by atoms with Crippen LogP contribution in [0.5, 0.6) is 0 Å². The molecule has 0 unspecified atom stereocenters. The fraction of sp³-hybridized carbons (Fsp3) is 0. The number of carbonyl (C=O) groups is 1. The standard InChI is InChI=1S/C12H8N2OS/c15-12-9(7-8-3-2-6-16-8)11-10(14-12)4-1-5-13-11/h1-7H,(H,14,15). The summed E-state index contributed by atoms with van der Waals surface area (Å²) in [7, 11) is 0. The highest BCUT2D eigenvalue weighted by molar-refractivity contribution is 7.11. The summed E-state index contributed by atoms with van der Waals surface area (Å²) in [6.45, 7) is 0. The molecule has 1 aliphatic rings.